The van der Waals surface area contributed by atoms with Crippen LogP contribution in [0.2, 0.25) is 0 Å². The molecule has 0 spiro atoms. The number of aromatic nitrogens is 4. The van der Waals surface area contributed by atoms with Gasteiger partial charge in [-0.15, -0.1) is 0 Å². The van der Waals surface area contributed by atoms with Gasteiger partial charge in [-0.05, 0) is 0 Å². The fraction of sp³-hybridized carbons (Fsp3) is 0.500. The standard InChI is InChI=1S/C10H12N4O5.2H2O/c15-1-4-6(16)7(17)10(19-4)14-3-13-5-8(14)11-2-12-9(5)18;;/h2-4,6-7,10,15-17H,1H2,(H,11,12,18);2*1H2/t4-,6-,7-,10-;;/m1../s1. The molecule has 8 N–H and O–H groups in total. The summed E-state index contributed by atoms with van der Waals surface area (Å²) < 4.78 is 6.70. The molecule has 0 aromatic carbocycles. The van der Waals surface area contributed by atoms with E-state index in [1.807, 2.05) is 0 Å². The van der Waals surface area contributed by atoms with Crippen molar-refractivity contribution in [1.29, 1.82) is 0 Å². The first-order valence-electron chi connectivity index (χ1n) is 5.66. The number of aliphatic hydroxyl groups excluding tert-OH is 3. The molecule has 0 radical (unpaired) electrons. The van der Waals surface area contributed by atoms with Gasteiger partial charge in [0.05, 0.1) is 19.3 Å². The summed E-state index contributed by atoms with van der Waals surface area (Å²) in [6.07, 6.45) is -1.78. The summed E-state index contributed by atoms with van der Waals surface area (Å²) in [7, 11) is 0. The molecule has 0 unspecified atom stereocenters. The first-order chi connectivity index (χ1) is 9.13. The first kappa shape index (κ1) is 17.2. The molecule has 1 aliphatic heterocycles. The van der Waals surface area contributed by atoms with E-state index in [0.29, 0.717) is 0 Å². The van der Waals surface area contributed by atoms with Crippen molar-refractivity contribution in [3.8, 4) is 0 Å². The van der Waals surface area contributed by atoms with Crippen molar-refractivity contribution in [1.82, 2.24) is 19.5 Å². The van der Waals surface area contributed by atoms with Crippen LogP contribution < -0.4 is 5.56 Å². The quantitative estimate of drug-likeness (QED) is 0.434. The van der Waals surface area contributed by atoms with E-state index in [0.717, 1.165) is 0 Å². The molecule has 2 aromatic rings. The van der Waals surface area contributed by atoms with Crippen molar-refractivity contribution in [2.24, 2.45) is 0 Å². The van der Waals surface area contributed by atoms with Gasteiger partial charge in [0.2, 0.25) is 0 Å². The Morgan fingerprint density at radius 2 is 2.00 bits per heavy atom. The zero-order valence-electron chi connectivity index (χ0n) is 10.7. The highest BCUT2D eigenvalue weighted by atomic mass is 16.6. The van der Waals surface area contributed by atoms with Gasteiger partial charge in [-0.3, -0.25) is 9.36 Å². The highest BCUT2D eigenvalue weighted by Gasteiger charge is 2.43. The number of aliphatic hydroxyl groups is 3. The van der Waals surface area contributed by atoms with Crippen LogP contribution in [-0.4, -0.2) is 70.7 Å². The second kappa shape index (κ2) is 6.26. The van der Waals surface area contributed by atoms with Gasteiger partial charge in [0.25, 0.3) is 5.56 Å². The summed E-state index contributed by atoms with van der Waals surface area (Å²) in [6.45, 7) is -0.421. The third kappa shape index (κ3) is 2.53. The third-order valence-electron chi connectivity index (χ3n) is 3.16. The molecular formula is C10H16N4O7. The Morgan fingerprint density at radius 1 is 1.29 bits per heavy atom. The molecule has 0 amide bonds. The number of rotatable bonds is 2. The van der Waals surface area contributed by atoms with Crippen LogP contribution in [-0.2, 0) is 4.74 Å². The van der Waals surface area contributed by atoms with E-state index in [9.17, 15) is 15.0 Å². The Hall–Kier alpha value is -1.89. The van der Waals surface area contributed by atoms with Crippen LogP contribution in [0, 0.1) is 0 Å². The SMILES string of the molecule is O.O.O=c1[nH]cnc2c1ncn2[C@@H]1O[C@H](CO)[C@@H](O)[C@H]1O. The fourth-order valence-corrected chi connectivity index (χ4v) is 2.16. The minimum absolute atomic E-state index is 0. The van der Waals surface area contributed by atoms with Crippen LogP contribution in [0.25, 0.3) is 11.2 Å². The summed E-state index contributed by atoms with van der Waals surface area (Å²) in [6, 6.07) is 0. The molecule has 2 aromatic heterocycles. The molecule has 1 saturated heterocycles. The van der Waals surface area contributed by atoms with Crippen molar-refractivity contribution in [2.45, 2.75) is 24.5 Å². The second-order valence-corrected chi connectivity index (χ2v) is 4.28. The maximum Gasteiger partial charge on any atom is 0.278 e. The molecular weight excluding hydrogens is 288 g/mol. The van der Waals surface area contributed by atoms with Gasteiger partial charge in [-0.1, -0.05) is 0 Å². The van der Waals surface area contributed by atoms with Crippen LogP contribution in [0.4, 0.5) is 0 Å². The largest absolute Gasteiger partial charge is 0.412 e. The topological polar surface area (TPSA) is 196 Å². The number of nitrogens with one attached hydrogen (secondary N) is 1. The molecule has 4 atom stereocenters. The molecule has 0 bridgehead atoms. The predicted octanol–water partition coefficient (Wildman–Crippen LogP) is -3.92. The highest BCUT2D eigenvalue weighted by molar-refractivity contribution is 5.68. The number of H-pyrrole nitrogens is 1. The number of hydrogen-bond acceptors (Lipinski definition) is 7. The summed E-state index contributed by atoms with van der Waals surface area (Å²) >= 11 is 0. The number of fused-ring (bicyclic) bond motifs is 1. The average molecular weight is 304 g/mol. The van der Waals surface area contributed by atoms with Crippen molar-refractivity contribution >= 4 is 11.2 Å². The zero-order chi connectivity index (χ0) is 13.6. The van der Waals surface area contributed by atoms with Crippen LogP contribution in [0.15, 0.2) is 17.4 Å². The van der Waals surface area contributed by atoms with Gasteiger partial charge in [0.1, 0.15) is 18.3 Å². The number of imidazole rings is 1. The number of nitrogens with zero attached hydrogens (tertiary/aromatic N) is 3. The van der Waals surface area contributed by atoms with E-state index in [2.05, 4.69) is 15.0 Å². The third-order valence-corrected chi connectivity index (χ3v) is 3.16. The highest BCUT2D eigenvalue weighted by Crippen LogP contribution is 2.30. The summed E-state index contributed by atoms with van der Waals surface area (Å²) in [4.78, 5) is 21.8. The molecule has 118 valence electrons. The van der Waals surface area contributed by atoms with E-state index in [1.165, 1.54) is 17.2 Å². The van der Waals surface area contributed by atoms with E-state index >= 15 is 0 Å². The Kier molecular flexibility index (Phi) is 5.11. The van der Waals surface area contributed by atoms with Crippen molar-refractivity contribution in [3.05, 3.63) is 23.0 Å². The van der Waals surface area contributed by atoms with Crippen LogP contribution >= 0.6 is 0 Å². The van der Waals surface area contributed by atoms with E-state index in [1.54, 1.807) is 0 Å². The van der Waals surface area contributed by atoms with Gasteiger partial charge in [0.15, 0.2) is 17.4 Å². The molecule has 3 rings (SSSR count). The van der Waals surface area contributed by atoms with Gasteiger partial charge >= 0.3 is 0 Å². The van der Waals surface area contributed by atoms with E-state index in [-0.39, 0.29) is 22.1 Å². The Balaban J connectivity index is 0.00000110. The average Bonchev–Trinajstić information content (AvgIpc) is 2.94. The summed E-state index contributed by atoms with van der Waals surface area (Å²) in [5.74, 6) is 0. The maximum atomic E-state index is 11.5. The van der Waals surface area contributed by atoms with Crippen molar-refractivity contribution in [3.63, 3.8) is 0 Å². The lowest BCUT2D eigenvalue weighted by Crippen LogP contribution is -2.33. The molecule has 11 heteroatoms. The van der Waals surface area contributed by atoms with Gasteiger partial charge in [-0.2, -0.15) is 0 Å². The molecule has 21 heavy (non-hydrogen) atoms. The van der Waals surface area contributed by atoms with Crippen molar-refractivity contribution in [2.75, 3.05) is 6.61 Å². The lowest BCUT2D eigenvalue weighted by Gasteiger charge is -2.16. The number of ether oxygens (including phenoxy) is 1. The Labute approximate surface area is 117 Å². The van der Waals surface area contributed by atoms with Gasteiger partial charge in [0, 0.05) is 0 Å². The van der Waals surface area contributed by atoms with Crippen LogP contribution in [0.3, 0.4) is 0 Å². The number of aromatic amines is 1. The molecule has 1 aliphatic rings. The van der Waals surface area contributed by atoms with Crippen LogP contribution in [0.5, 0.6) is 0 Å². The molecule has 3 heterocycles. The molecule has 1 fully saturated rings. The molecule has 0 aliphatic carbocycles. The Morgan fingerprint density at radius 3 is 2.62 bits per heavy atom. The normalized spacial score (nSPS) is 28.1. The fourth-order valence-electron chi connectivity index (χ4n) is 2.16. The second-order valence-electron chi connectivity index (χ2n) is 4.28. The first-order valence-corrected chi connectivity index (χ1v) is 5.66. The Bertz CT molecular complexity index is 656. The van der Waals surface area contributed by atoms with Crippen molar-refractivity contribution < 1.29 is 31.0 Å². The number of hydrogen-bond donors (Lipinski definition) is 4. The zero-order valence-corrected chi connectivity index (χ0v) is 10.7. The van der Waals surface area contributed by atoms with E-state index in [4.69, 9.17) is 9.84 Å². The predicted molar refractivity (Wildman–Crippen MR) is 68.4 cm³/mol. The van der Waals surface area contributed by atoms with Gasteiger partial charge in [-0.25, -0.2) is 9.97 Å². The van der Waals surface area contributed by atoms with E-state index < -0.39 is 36.7 Å². The summed E-state index contributed by atoms with van der Waals surface area (Å²) in [5, 5.41) is 28.6. The van der Waals surface area contributed by atoms with Gasteiger partial charge < -0.3 is 36.0 Å². The minimum Gasteiger partial charge on any atom is -0.412 e. The lowest BCUT2D eigenvalue weighted by molar-refractivity contribution is -0.0511. The minimum atomic E-state index is -1.24. The molecule has 11 nitrogen and oxygen atoms in total. The van der Waals surface area contributed by atoms with Crippen LogP contribution in [0.1, 0.15) is 6.23 Å². The maximum absolute atomic E-state index is 11.5. The smallest absolute Gasteiger partial charge is 0.278 e. The monoisotopic (exact) mass is 304 g/mol. The lowest BCUT2D eigenvalue weighted by atomic mass is 10.1. The molecule has 0 saturated carbocycles. The summed E-state index contributed by atoms with van der Waals surface area (Å²) in [5.41, 5.74) is -0.0608.